The van der Waals surface area contributed by atoms with E-state index in [9.17, 15) is 9.59 Å². The lowest BCUT2D eigenvalue weighted by Crippen LogP contribution is -2.64. The van der Waals surface area contributed by atoms with Crippen molar-refractivity contribution >= 4 is 40.5 Å². The van der Waals surface area contributed by atoms with Gasteiger partial charge in [0.05, 0.1) is 38.6 Å². The molecule has 3 aromatic rings. The lowest BCUT2D eigenvalue weighted by Gasteiger charge is -2.47. The fourth-order valence-electron chi connectivity index (χ4n) is 6.32. The van der Waals surface area contributed by atoms with Gasteiger partial charge in [-0.3, -0.25) is 9.59 Å². The van der Waals surface area contributed by atoms with E-state index in [1.165, 1.54) is 0 Å². The third kappa shape index (κ3) is 6.59. The number of hydrogen-bond donors (Lipinski definition) is 2. The first kappa shape index (κ1) is 30.1. The summed E-state index contributed by atoms with van der Waals surface area (Å²) in [7, 11) is 2.04. The smallest absolute Gasteiger partial charge is 0.250 e. The molecule has 0 spiro atoms. The predicted molar refractivity (Wildman–Crippen MR) is 173 cm³/mol. The van der Waals surface area contributed by atoms with Crippen LogP contribution < -0.4 is 15.5 Å². The van der Waals surface area contributed by atoms with E-state index in [2.05, 4.69) is 32.6 Å². The van der Waals surface area contributed by atoms with Crippen molar-refractivity contribution in [2.24, 2.45) is 0 Å². The molecule has 2 N–H and O–H groups in total. The Morgan fingerprint density at radius 2 is 1.73 bits per heavy atom. The highest BCUT2D eigenvalue weighted by molar-refractivity contribution is 7.80. The molecule has 2 aromatic carbocycles. The number of morpholine rings is 1. The molecule has 1 atom stereocenters. The Bertz CT molecular complexity index is 1420. The molecule has 232 valence electrons. The minimum atomic E-state index is -1.06. The van der Waals surface area contributed by atoms with Gasteiger partial charge in [-0.05, 0) is 74.1 Å². The van der Waals surface area contributed by atoms with Crippen molar-refractivity contribution in [1.29, 1.82) is 0 Å². The first-order chi connectivity index (χ1) is 21.4. The first-order valence-corrected chi connectivity index (χ1v) is 15.7. The molecule has 0 bridgehead atoms. The summed E-state index contributed by atoms with van der Waals surface area (Å²) in [5.41, 5.74) is 1.85. The van der Waals surface area contributed by atoms with Crippen LogP contribution in [0.4, 0.5) is 11.4 Å². The van der Waals surface area contributed by atoms with Gasteiger partial charge in [-0.1, -0.05) is 30.3 Å². The molecule has 2 amide bonds. The number of nitrogens with zero attached hydrogens (tertiary/aromatic N) is 4. The van der Waals surface area contributed by atoms with Gasteiger partial charge in [-0.2, -0.15) is 0 Å². The zero-order valence-corrected chi connectivity index (χ0v) is 25.9. The fraction of sp³-hybridized carbons (Fsp3) is 0.424. The number of nitrogens with one attached hydrogen (secondary N) is 2. The van der Waals surface area contributed by atoms with Crippen molar-refractivity contribution < 1.29 is 18.7 Å². The maximum Gasteiger partial charge on any atom is 0.250 e. The highest BCUT2D eigenvalue weighted by atomic mass is 32.1. The summed E-state index contributed by atoms with van der Waals surface area (Å²) in [6.45, 7) is 5.30. The van der Waals surface area contributed by atoms with E-state index in [0.29, 0.717) is 62.2 Å². The van der Waals surface area contributed by atoms with Crippen LogP contribution in [0.15, 0.2) is 77.4 Å². The SMILES string of the molecule is CN1CCC(C(=O)Nc2ccc(N3CCOCC3)cc2)(N(Cc2ccco2)C(=O)CN2C[C@H](c3ccccc3)NC2=S)CC1. The molecule has 3 aliphatic rings. The minimum absolute atomic E-state index is 0.00366. The molecular formula is C33H40N6O4S. The summed E-state index contributed by atoms with van der Waals surface area (Å²) in [5.74, 6) is 0.277. The van der Waals surface area contributed by atoms with Crippen molar-refractivity contribution in [2.75, 3.05) is 69.7 Å². The Hall–Kier alpha value is -3.93. The molecule has 10 nitrogen and oxygen atoms in total. The van der Waals surface area contributed by atoms with Gasteiger partial charge in [0.15, 0.2) is 5.11 Å². The number of rotatable bonds is 9. The molecule has 0 unspecified atom stereocenters. The topological polar surface area (TPSA) is 93.5 Å². The first-order valence-electron chi connectivity index (χ1n) is 15.3. The lowest BCUT2D eigenvalue weighted by molar-refractivity contribution is -0.150. The summed E-state index contributed by atoms with van der Waals surface area (Å²) in [4.78, 5) is 36.8. The van der Waals surface area contributed by atoms with E-state index in [-0.39, 0.29) is 30.9 Å². The molecule has 44 heavy (non-hydrogen) atoms. The summed E-state index contributed by atoms with van der Waals surface area (Å²) < 4.78 is 11.2. The Morgan fingerprint density at radius 1 is 1.00 bits per heavy atom. The minimum Gasteiger partial charge on any atom is -0.467 e. The normalized spacial score (nSPS) is 20.3. The van der Waals surface area contributed by atoms with Crippen LogP contribution in [0.5, 0.6) is 0 Å². The van der Waals surface area contributed by atoms with Gasteiger partial charge >= 0.3 is 0 Å². The van der Waals surface area contributed by atoms with Gasteiger partial charge in [-0.25, -0.2) is 0 Å². The van der Waals surface area contributed by atoms with E-state index in [0.717, 1.165) is 24.3 Å². The van der Waals surface area contributed by atoms with E-state index in [4.69, 9.17) is 21.4 Å². The van der Waals surface area contributed by atoms with Crippen molar-refractivity contribution in [3.63, 3.8) is 0 Å². The summed E-state index contributed by atoms with van der Waals surface area (Å²) in [6.07, 6.45) is 2.60. The van der Waals surface area contributed by atoms with Crippen LogP contribution in [0.2, 0.25) is 0 Å². The van der Waals surface area contributed by atoms with Crippen molar-refractivity contribution in [1.82, 2.24) is 20.0 Å². The number of hydrogen-bond acceptors (Lipinski definition) is 7. The number of amides is 2. The molecule has 3 aliphatic heterocycles. The monoisotopic (exact) mass is 616 g/mol. The van der Waals surface area contributed by atoms with Crippen molar-refractivity contribution in [2.45, 2.75) is 31.0 Å². The average Bonchev–Trinajstić information content (AvgIpc) is 3.71. The Labute approximate surface area is 263 Å². The van der Waals surface area contributed by atoms with E-state index in [1.54, 1.807) is 17.2 Å². The second-order valence-electron chi connectivity index (χ2n) is 11.8. The van der Waals surface area contributed by atoms with Crippen molar-refractivity contribution in [3.05, 3.63) is 84.3 Å². The van der Waals surface area contributed by atoms with Crippen LogP contribution in [0, 0.1) is 0 Å². The molecule has 6 rings (SSSR count). The fourth-order valence-corrected chi connectivity index (χ4v) is 6.60. The quantitative estimate of drug-likeness (QED) is 0.351. The maximum atomic E-state index is 14.4. The van der Waals surface area contributed by atoms with Crippen LogP contribution in [0.25, 0.3) is 0 Å². The van der Waals surface area contributed by atoms with Gasteiger partial charge in [0.2, 0.25) is 11.8 Å². The molecular weight excluding hydrogens is 576 g/mol. The van der Waals surface area contributed by atoms with Gasteiger partial charge in [0.1, 0.15) is 11.3 Å². The van der Waals surface area contributed by atoms with Crippen molar-refractivity contribution in [3.8, 4) is 0 Å². The Morgan fingerprint density at radius 3 is 2.41 bits per heavy atom. The van der Waals surface area contributed by atoms with E-state index >= 15 is 0 Å². The molecule has 11 heteroatoms. The lowest BCUT2D eigenvalue weighted by atomic mass is 9.84. The second-order valence-corrected chi connectivity index (χ2v) is 12.2. The summed E-state index contributed by atoms with van der Waals surface area (Å²) in [6, 6.07) is 21.7. The second kappa shape index (κ2) is 13.4. The number of carbonyl (C=O) groups is 2. The number of ether oxygens (including phenoxy) is 1. The number of carbonyl (C=O) groups excluding carboxylic acids is 2. The highest BCUT2D eigenvalue weighted by Crippen LogP contribution is 2.33. The van der Waals surface area contributed by atoms with Crippen LogP contribution in [0.3, 0.4) is 0 Å². The van der Waals surface area contributed by atoms with Gasteiger partial charge < -0.3 is 39.4 Å². The number of benzene rings is 2. The molecule has 0 radical (unpaired) electrons. The zero-order valence-electron chi connectivity index (χ0n) is 25.1. The predicted octanol–water partition coefficient (Wildman–Crippen LogP) is 3.48. The van der Waals surface area contributed by atoms with E-state index in [1.807, 2.05) is 60.5 Å². The van der Waals surface area contributed by atoms with Gasteiger partial charge in [-0.15, -0.1) is 0 Å². The largest absolute Gasteiger partial charge is 0.467 e. The third-order valence-corrected chi connectivity index (χ3v) is 9.34. The molecule has 0 aliphatic carbocycles. The van der Waals surface area contributed by atoms with Crippen LogP contribution in [-0.2, 0) is 20.9 Å². The van der Waals surface area contributed by atoms with Crippen LogP contribution in [0.1, 0.15) is 30.2 Å². The molecule has 0 saturated carbocycles. The molecule has 1 aromatic heterocycles. The Balaban J connectivity index is 1.24. The number of furan rings is 1. The van der Waals surface area contributed by atoms with Crippen LogP contribution in [-0.4, -0.2) is 96.7 Å². The zero-order chi connectivity index (χ0) is 30.5. The standard InChI is InChI=1S/C33H40N6O4S/c1-36-15-13-33(14-16-36,31(41)34-26-9-11-27(12-10-26)37-17-20-42-21-18-37)39(22-28-8-5-19-43-28)30(40)24-38-23-29(35-32(38)44)25-6-3-2-4-7-25/h2-12,19,29H,13-18,20-24H2,1H3,(H,34,41)(H,35,44)/t29-/m1/s1. The highest BCUT2D eigenvalue weighted by Gasteiger charge is 2.49. The third-order valence-electron chi connectivity index (χ3n) is 8.97. The van der Waals surface area contributed by atoms with Crippen LogP contribution >= 0.6 is 12.2 Å². The number of likely N-dealkylation sites (tertiary alicyclic amines) is 1. The summed E-state index contributed by atoms with van der Waals surface area (Å²) >= 11 is 5.66. The summed E-state index contributed by atoms with van der Waals surface area (Å²) in [5, 5.41) is 7.06. The Kier molecular flexibility index (Phi) is 9.15. The average molecular weight is 617 g/mol. The number of thiocarbonyl (C=S) groups is 1. The molecule has 3 fully saturated rings. The van der Waals surface area contributed by atoms with E-state index < -0.39 is 5.54 Å². The molecule has 3 saturated heterocycles. The van der Waals surface area contributed by atoms with Gasteiger partial charge in [0.25, 0.3) is 0 Å². The number of anilines is 2. The molecule has 4 heterocycles. The number of piperidine rings is 1. The van der Waals surface area contributed by atoms with Gasteiger partial charge in [0, 0.05) is 44.1 Å². The maximum absolute atomic E-state index is 14.4.